The molecule has 0 saturated carbocycles. The molecule has 3 unspecified atom stereocenters. The fourth-order valence-corrected chi connectivity index (χ4v) is 13.7. The first kappa shape index (κ1) is 100. The maximum atomic E-state index is 13.1. The lowest BCUT2D eigenvalue weighted by molar-refractivity contribution is -0.198. The number of carbonyl (C=O) groups is 14. The van der Waals surface area contributed by atoms with Crippen LogP contribution in [0.2, 0.25) is 0 Å². The number of pyridine rings is 2. The summed E-state index contributed by atoms with van der Waals surface area (Å²) in [5.74, 6) is -1.96. The van der Waals surface area contributed by atoms with Crippen molar-refractivity contribution >= 4 is 107 Å². The highest BCUT2D eigenvalue weighted by Crippen LogP contribution is 2.36. The summed E-state index contributed by atoms with van der Waals surface area (Å²) in [7, 11) is 0. The van der Waals surface area contributed by atoms with Crippen molar-refractivity contribution in [3.05, 3.63) is 80.9 Å². The molecule has 0 radical (unpaired) electrons. The van der Waals surface area contributed by atoms with Gasteiger partial charge in [-0.1, -0.05) is 27.3 Å². The Morgan fingerprint density at radius 1 is 0.464 bits per heavy atom. The third-order valence-electron chi connectivity index (χ3n) is 20.2. The number of ether oxygens (including phenoxy) is 7. The van der Waals surface area contributed by atoms with E-state index in [1.807, 2.05) is 48.5 Å². The summed E-state index contributed by atoms with van der Waals surface area (Å²) in [5.41, 5.74) is 14.4. The van der Waals surface area contributed by atoms with Crippen LogP contribution in [0.25, 0.3) is 0 Å². The summed E-state index contributed by atoms with van der Waals surface area (Å²) in [6.45, 7) is 32.0. The molecule has 0 bridgehead atoms. The van der Waals surface area contributed by atoms with Crippen LogP contribution in [0.1, 0.15) is 241 Å². The molecule has 5 fully saturated rings. The number of aromatic nitrogens is 6. The quantitative estimate of drug-likeness (QED) is 0.0238. The summed E-state index contributed by atoms with van der Waals surface area (Å²) in [6, 6.07) is 7.16. The zero-order chi connectivity index (χ0) is 92.2. The number of amides is 7. The van der Waals surface area contributed by atoms with E-state index in [9.17, 15) is 67.1 Å². The van der Waals surface area contributed by atoms with E-state index in [0.29, 0.717) is 46.8 Å². The van der Waals surface area contributed by atoms with Crippen molar-refractivity contribution in [2.45, 2.75) is 274 Å². The van der Waals surface area contributed by atoms with Gasteiger partial charge in [-0.2, -0.15) is 4.79 Å². The number of aliphatic hydroxyl groups is 1. The predicted octanol–water partition coefficient (Wildman–Crippen LogP) is 7.98. The largest absolute Gasteiger partial charge is 0.560 e. The molecular formula is C85H121N15O25. The molecule has 9 heterocycles. The van der Waals surface area contributed by atoms with Crippen LogP contribution in [0.3, 0.4) is 0 Å². The lowest BCUT2D eigenvalue weighted by Gasteiger charge is -2.34. The number of fused-ring (bicyclic) bond motifs is 2. The van der Waals surface area contributed by atoms with Crippen LogP contribution in [0.4, 0.5) is 37.7 Å². The number of alkyl carbamates (subject to hydrolysis) is 1. The van der Waals surface area contributed by atoms with Crippen molar-refractivity contribution < 1.29 is 120 Å². The van der Waals surface area contributed by atoms with Crippen LogP contribution in [0.5, 0.6) is 0 Å². The van der Waals surface area contributed by atoms with Crippen molar-refractivity contribution in [1.82, 2.24) is 50.4 Å². The first-order valence-corrected chi connectivity index (χ1v) is 42.4. The molecule has 6 N–H and O–H groups in total. The van der Waals surface area contributed by atoms with Gasteiger partial charge in [0, 0.05) is 124 Å². The molecule has 4 aromatic rings. The van der Waals surface area contributed by atoms with Gasteiger partial charge in [0.2, 0.25) is 0 Å². The lowest BCUT2D eigenvalue weighted by atomic mass is 9.90. The van der Waals surface area contributed by atoms with E-state index in [-0.39, 0.29) is 93.4 Å². The number of nitrogens with zero attached hydrogens (tertiary/aromatic N) is 11. The molecule has 7 aliphatic rings. The Kier molecular flexibility index (Phi) is 37.9. The van der Waals surface area contributed by atoms with Gasteiger partial charge in [0.15, 0.2) is 12.2 Å². The molecule has 686 valence electrons. The Balaban J connectivity index is 0.000000235. The first-order chi connectivity index (χ1) is 59.1. The number of esters is 5. The average molecular weight is 1750 g/mol. The Morgan fingerprint density at radius 3 is 1.21 bits per heavy atom. The number of carbonyl (C=O) groups excluding carboxylic acids is 14. The Morgan fingerprint density at radius 2 is 0.824 bits per heavy atom. The lowest BCUT2D eigenvalue weighted by Crippen LogP contribution is -2.49. The third-order valence-corrected chi connectivity index (χ3v) is 20.2. The number of hydrogen-bond acceptors (Lipinski definition) is 36. The van der Waals surface area contributed by atoms with Crippen molar-refractivity contribution in [2.24, 2.45) is 11.7 Å². The highest BCUT2D eigenvalue weighted by atomic mass is 16.9. The molecule has 0 aromatic carbocycles. The number of aliphatic hydroxyl groups excluding tert-OH is 1. The van der Waals surface area contributed by atoms with Crippen LogP contribution < -0.4 is 31.5 Å². The van der Waals surface area contributed by atoms with E-state index in [1.165, 1.54) is 79.9 Å². The van der Waals surface area contributed by atoms with Crippen LogP contribution in [0.15, 0.2) is 24.3 Å². The normalized spacial score (nSPS) is 17.1. The molecule has 2 aliphatic carbocycles. The van der Waals surface area contributed by atoms with E-state index in [2.05, 4.69) is 88.7 Å². The second-order valence-electron chi connectivity index (χ2n) is 32.6. The zero-order valence-corrected chi connectivity index (χ0v) is 74.4. The number of imide groups is 3. The number of anilines is 4. The fraction of sp³-hybridized carbons (Fsp3) is 0.624. The van der Waals surface area contributed by atoms with Crippen molar-refractivity contribution in [3.8, 4) is 0 Å². The maximum Gasteiger partial charge on any atom is 0.560 e. The monoisotopic (exact) mass is 1750 g/mol. The summed E-state index contributed by atoms with van der Waals surface area (Å²) in [6.07, 6.45) is 7.27. The number of piperidine rings is 2. The third kappa shape index (κ3) is 30.8. The van der Waals surface area contributed by atoms with E-state index in [4.69, 9.17) is 49.7 Å². The van der Waals surface area contributed by atoms with E-state index in [0.717, 1.165) is 93.9 Å². The highest BCUT2D eigenvalue weighted by Gasteiger charge is 2.40. The van der Waals surface area contributed by atoms with Gasteiger partial charge in [0.25, 0.3) is 35.4 Å². The molecule has 5 saturated heterocycles. The summed E-state index contributed by atoms with van der Waals surface area (Å²) < 4.78 is 34.7. The minimum Gasteiger partial charge on any atom is -0.466 e. The Hall–Kier alpha value is -11.8. The smallest absolute Gasteiger partial charge is 0.466 e. The van der Waals surface area contributed by atoms with Crippen molar-refractivity contribution in [1.29, 1.82) is 0 Å². The highest BCUT2D eigenvalue weighted by molar-refractivity contribution is 6.03. The van der Waals surface area contributed by atoms with Crippen molar-refractivity contribution in [3.63, 3.8) is 0 Å². The Labute approximate surface area is 726 Å². The molecular weight excluding hydrogens is 1630 g/mol. The van der Waals surface area contributed by atoms with E-state index >= 15 is 0 Å². The minimum absolute atomic E-state index is 0.0143. The summed E-state index contributed by atoms with van der Waals surface area (Å²) >= 11 is 0. The van der Waals surface area contributed by atoms with Gasteiger partial charge in [0.1, 0.15) is 58.2 Å². The van der Waals surface area contributed by atoms with Crippen LogP contribution in [0, 0.1) is 33.6 Å². The molecule has 11 rings (SSSR count). The molecule has 5 atom stereocenters. The van der Waals surface area contributed by atoms with E-state index < -0.39 is 113 Å². The molecule has 125 heavy (non-hydrogen) atoms. The van der Waals surface area contributed by atoms with Crippen LogP contribution in [-0.2, 0) is 126 Å². The van der Waals surface area contributed by atoms with Crippen LogP contribution in [-0.4, -0.2) is 235 Å². The standard InChI is InChI=1S/C33H48N6O6.C27H40N6O2.C10H13NO7.C9H8N2O7.C6H12O3/c1-8-43-30(40)21(3)44-32(42)38-27(31(41)45-33(5,6)7)19-34-28-20(2)29(36-22(4)35-28)39-17-15-24(16-18-39)26-14-13-23-11-9-10-12-25(23)37-26;1-17-24(29-16-21(28)26(34)35-27(3,4)5)30-18(2)31-25(17)33-14-12-20(13-15-33)23-11-10-19-8-6-7-9-22(19)32-23;1-3-16-9(14)6(2)17-10(15)18-11-7(12)4-5-8(11)13;12-5-1-2-6(13)10(5)17-9(16)18-11-7(14)3-4-8(11)15;1-3-9-6(8)5(2)4-7/h13-14,21,24,27H,8-12,15-19H2,1-7H3,(H,38,42)(H,34,35,36);10-11,20-21H,6-9,12-16,28H2,1-5H3,(H,29,30,31);6H,3-5H2,1-2H3;1-4H2;5,7H,3-4H2,1-2H3/t21?,27-;21-;;;/m00.../s1. The second kappa shape index (κ2) is 47.3. The molecule has 4 aromatic heterocycles. The van der Waals surface area contributed by atoms with Crippen LogP contribution >= 0.6 is 0 Å². The summed E-state index contributed by atoms with van der Waals surface area (Å²) in [4.78, 5) is 207. The maximum absolute atomic E-state index is 13.1. The van der Waals surface area contributed by atoms with Gasteiger partial charge in [-0.25, -0.2) is 43.9 Å². The first-order valence-electron chi connectivity index (χ1n) is 42.4. The molecule has 7 amide bonds. The average Bonchev–Trinajstić information content (AvgIpc) is 1.58. The summed E-state index contributed by atoms with van der Waals surface area (Å²) in [5, 5.41) is 18.3. The Bertz CT molecular complexity index is 4410. The second-order valence-corrected chi connectivity index (χ2v) is 32.6. The van der Waals surface area contributed by atoms with Gasteiger partial charge in [-0.15, -0.1) is 0 Å². The SMILES string of the molecule is CCOC(=O)C(C)CO.CCOC(=O)C(C)OC(=O)N[C@@H](CNc1nc(C)nc(N2CCC(c3ccc4c(n3)CCCC4)CC2)c1C)C(=O)OC(C)(C)C.CCOC(=O)C(C)OC(=O)ON1C(=O)CCC1=O.Cc1nc(NC[C@H](N)C(=O)OC(C)(C)C)c(C)c(N2CCC(c3ccc4c(n3)CCCC4)CC2)n1.O=C(ON1C(=O)CCC1=O)ON1C(=O)CCC1=O. The van der Waals surface area contributed by atoms with Crippen molar-refractivity contribution in [2.75, 3.05) is 86.1 Å². The van der Waals surface area contributed by atoms with Gasteiger partial charge in [0.05, 0.1) is 32.3 Å². The fourth-order valence-electron chi connectivity index (χ4n) is 13.7. The number of aryl methyl sites for hydroxylation is 6. The number of nitrogens with two attached hydrogens (primary N) is 1. The molecule has 5 aliphatic heterocycles. The van der Waals surface area contributed by atoms with Gasteiger partial charge in [-0.3, -0.25) is 62.8 Å². The number of hydrogen-bond donors (Lipinski definition) is 5. The van der Waals surface area contributed by atoms with Gasteiger partial charge in [-0.05, 0) is 211 Å². The topological polar surface area (TPSA) is 507 Å². The number of rotatable bonds is 25. The predicted molar refractivity (Wildman–Crippen MR) is 447 cm³/mol. The number of nitrogens with one attached hydrogen (secondary N) is 3. The van der Waals surface area contributed by atoms with Gasteiger partial charge < -0.3 is 69.7 Å². The number of hydroxylamine groups is 6. The molecule has 40 heteroatoms. The molecule has 40 nitrogen and oxygen atoms in total. The minimum atomic E-state index is -1.48. The molecule has 0 spiro atoms. The van der Waals surface area contributed by atoms with E-state index in [1.54, 1.807) is 48.5 Å². The zero-order valence-electron chi connectivity index (χ0n) is 74.4. The van der Waals surface area contributed by atoms with Gasteiger partial charge >= 0.3 is 48.3 Å².